The summed E-state index contributed by atoms with van der Waals surface area (Å²) in [5.41, 5.74) is 2.23. The normalized spacial score (nSPS) is 21.5. The second kappa shape index (κ2) is 9.61. The Labute approximate surface area is 173 Å². The number of methoxy groups -OCH3 is 3. The lowest BCUT2D eigenvalue weighted by Gasteiger charge is -2.36. The van der Waals surface area contributed by atoms with Gasteiger partial charge in [0.15, 0.2) is 11.5 Å². The molecule has 0 saturated heterocycles. The Kier molecular flexibility index (Phi) is 6.94. The van der Waals surface area contributed by atoms with E-state index in [-0.39, 0.29) is 18.0 Å². The molecule has 2 aromatic rings. The predicted molar refractivity (Wildman–Crippen MR) is 118 cm³/mol. The number of likely N-dealkylation sites (N-methyl/N-ethyl adjacent to an activating group) is 1. The summed E-state index contributed by atoms with van der Waals surface area (Å²) < 4.78 is 16.6. The number of rotatable bonds is 7. The Bertz CT molecular complexity index is 837. The van der Waals surface area contributed by atoms with Crippen molar-refractivity contribution in [3.8, 4) is 17.2 Å². The average molecular weight is 395 g/mol. The molecule has 0 aliphatic heterocycles. The highest BCUT2D eigenvalue weighted by molar-refractivity contribution is 5.79. The van der Waals surface area contributed by atoms with E-state index in [9.17, 15) is 0 Å². The maximum absolute atomic E-state index is 5.58. The summed E-state index contributed by atoms with van der Waals surface area (Å²) in [7, 11) is 9.11. The molecule has 0 fully saturated rings. The number of hydrogen-bond acceptors (Lipinski definition) is 5. The van der Waals surface area contributed by atoms with Gasteiger partial charge in [0, 0.05) is 12.1 Å². The summed E-state index contributed by atoms with van der Waals surface area (Å²) in [6.45, 7) is 0. The summed E-state index contributed by atoms with van der Waals surface area (Å²) in [5.74, 6) is 2.15. The highest BCUT2D eigenvalue weighted by Gasteiger charge is 2.33. The summed E-state index contributed by atoms with van der Waals surface area (Å²) in [6.07, 6.45) is 7.37. The monoisotopic (exact) mass is 394 g/mol. The van der Waals surface area contributed by atoms with Crippen LogP contribution in [0.15, 0.2) is 59.6 Å². The molecule has 3 atom stereocenters. The summed E-state index contributed by atoms with van der Waals surface area (Å²) >= 11 is 0. The second-order valence-corrected chi connectivity index (χ2v) is 7.36. The molecule has 1 aliphatic carbocycles. The largest absolute Gasteiger partial charge is 0.493 e. The fourth-order valence-electron chi connectivity index (χ4n) is 3.89. The first kappa shape index (κ1) is 20.9. The molecule has 154 valence electrons. The minimum Gasteiger partial charge on any atom is -0.493 e. The predicted octanol–water partition coefficient (Wildman–Crippen LogP) is 4.17. The van der Waals surface area contributed by atoms with Gasteiger partial charge in [0.05, 0.1) is 33.4 Å². The van der Waals surface area contributed by atoms with E-state index in [0.717, 1.165) is 17.5 Å². The molecule has 1 aliphatic rings. The van der Waals surface area contributed by atoms with Crippen LogP contribution in [0.4, 0.5) is 0 Å². The molecule has 0 spiro atoms. The van der Waals surface area contributed by atoms with Crippen LogP contribution in [0.3, 0.4) is 0 Å². The third-order valence-corrected chi connectivity index (χ3v) is 5.39. The van der Waals surface area contributed by atoms with Gasteiger partial charge < -0.3 is 19.1 Å². The lowest BCUT2D eigenvalue weighted by atomic mass is 9.80. The zero-order valence-electron chi connectivity index (χ0n) is 17.8. The molecule has 2 aromatic carbocycles. The number of nitrogens with zero attached hydrogens (tertiary/aromatic N) is 2. The van der Waals surface area contributed by atoms with Crippen molar-refractivity contribution in [1.82, 2.24) is 4.90 Å². The first-order valence-corrected chi connectivity index (χ1v) is 9.80. The van der Waals surface area contributed by atoms with Crippen molar-refractivity contribution in [2.75, 3.05) is 35.4 Å². The van der Waals surface area contributed by atoms with E-state index >= 15 is 0 Å². The minimum atomic E-state index is 0.0676. The lowest BCUT2D eigenvalue weighted by molar-refractivity contribution is 0.269. The molecule has 5 nitrogen and oxygen atoms in total. The Morgan fingerprint density at radius 3 is 2.17 bits per heavy atom. The molecule has 0 heterocycles. The van der Waals surface area contributed by atoms with Crippen LogP contribution >= 0.6 is 0 Å². The van der Waals surface area contributed by atoms with Gasteiger partial charge in [-0.05, 0) is 43.8 Å². The molecule has 0 amide bonds. The van der Waals surface area contributed by atoms with E-state index in [1.165, 1.54) is 0 Å². The number of benzene rings is 2. The van der Waals surface area contributed by atoms with Gasteiger partial charge in [-0.25, -0.2) is 0 Å². The maximum atomic E-state index is 5.58. The molecular formula is C24H30N2O3. The fraction of sp³-hybridized carbons (Fsp3) is 0.375. The summed E-state index contributed by atoms with van der Waals surface area (Å²) in [4.78, 5) is 7.25. The van der Waals surface area contributed by atoms with Crippen molar-refractivity contribution in [1.29, 1.82) is 0 Å². The molecule has 0 aromatic heterocycles. The van der Waals surface area contributed by atoms with Gasteiger partial charge >= 0.3 is 0 Å². The van der Waals surface area contributed by atoms with Crippen LogP contribution in [-0.4, -0.2) is 58.6 Å². The van der Waals surface area contributed by atoms with Crippen LogP contribution in [0.2, 0.25) is 0 Å². The Balaban J connectivity index is 2.03. The van der Waals surface area contributed by atoms with E-state index in [4.69, 9.17) is 19.2 Å². The molecule has 29 heavy (non-hydrogen) atoms. The standard InChI is InChI=1S/C24H30N2O3/c1-26(2)20-13-9-12-19(23(20)25-16-17-10-7-6-8-11-17)18-14-21(27-3)24(29-5)22(15-18)28-4/h6-11,13-16,19-20,23H,12H2,1-5H3/t19-,20-,23?/m0/s1. The molecule has 1 unspecified atom stereocenters. The van der Waals surface area contributed by atoms with E-state index in [2.05, 4.69) is 43.3 Å². The van der Waals surface area contributed by atoms with Crippen LogP contribution in [-0.2, 0) is 0 Å². The Morgan fingerprint density at radius 1 is 0.966 bits per heavy atom. The number of aliphatic imine (C=N–C) groups is 1. The van der Waals surface area contributed by atoms with Gasteiger partial charge in [0.2, 0.25) is 5.75 Å². The van der Waals surface area contributed by atoms with E-state index in [0.29, 0.717) is 17.2 Å². The van der Waals surface area contributed by atoms with E-state index < -0.39 is 0 Å². The van der Waals surface area contributed by atoms with Gasteiger partial charge in [-0.2, -0.15) is 0 Å². The molecular weight excluding hydrogens is 364 g/mol. The zero-order valence-corrected chi connectivity index (χ0v) is 17.8. The third-order valence-electron chi connectivity index (χ3n) is 5.39. The van der Waals surface area contributed by atoms with Crippen molar-refractivity contribution >= 4 is 6.21 Å². The molecule has 5 heteroatoms. The van der Waals surface area contributed by atoms with Gasteiger partial charge in [0.1, 0.15) is 0 Å². The number of ether oxygens (including phenoxy) is 3. The molecule has 3 rings (SSSR count). The molecule has 0 bridgehead atoms. The quantitative estimate of drug-likeness (QED) is 0.522. The second-order valence-electron chi connectivity index (χ2n) is 7.36. The van der Waals surface area contributed by atoms with Crippen molar-refractivity contribution < 1.29 is 14.2 Å². The van der Waals surface area contributed by atoms with E-state index in [1.807, 2.05) is 36.5 Å². The van der Waals surface area contributed by atoms with Crippen LogP contribution < -0.4 is 14.2 Å². The average Bonchev–Trinajstić information content (AvgIpc) is 2.76. The van der Waals surface area contributed by atoms with Crippen LogP contribution in [0, 0.1) is 0 Å². The fourth-order valence-corrected chi connectivity index (χ4v) is 3.89. The maximum Gasteiger partial charge on any atom is 0.203 e. The van der Waals surface area contributed by atoms with Gasteiger partial charge in [0.25, 0.3) is 0 Å². The molecule has 0 N–H and O–H groups in total. The van der Waals surface area contributed by atoms with Gasteiger partial charge in [-0.15, -0.1) is 0 Å². The van der Waals surface area contributed by atoms with Crippen LogP contribution in [0.5, 0.6) is 17.2 Å². The summed E-state index contributed by atoms with van der Waals surface area (Å²) in [6, 6.07) is 14.6. The van der Waals surface area contributed by atoms with Gasteiger partial charge in [-0.1, -0.05) is 42.5 Å². The van der Waals surface area contributed by atoms with Crippen molar-refractivity contribution in [3.05, 3.63) is 65.7 Å². The van der Waals surface area contributed by atoms with Crippen molar-refractivity contribution in [2.24, 2.45) is 4.99 Å². The lowest BCUT2D eigenvalue weighted by Crippen LogP contribution is -2.42. The third kappa shape index (κ3) is 4.62. The number of allylic oxidation sites excluding steroid dienone is 1. The van der Waals surface area contributed by atoms with Gasteiger partial charge in [-0.3, -0.25) is 4.99 Å². The Morgan fingerprint density at radius 2 is 1.62 bits per heavy atom. The topological polar surface area (TPSA) is 43.3 Å². The van der Waals surface area contributed by atoms with Crippen LogP contribution in [0.25, 0.3) is 0 Å². The van der Waals surface area contributed by atoms with E-state index in [1.54, 1.807) is 21.3 Å². The highest BCUT2D eigenvalue weighted by atomic mass is 16.5. The molecule has 0 radical (unpaired) electrons. The van der Waals surface area contributed by atoms with Crippen molar-refractivity contribution in [2.45, 2.75) is 24.4 Å². The highest BCUT2D eigenvalue weighted by Crippen LogP contribution is 2.43. The minimum absolute atomic E-state index is 0.0676. The first-order chi connectivity index (χ1) is 14.1. The zero-order chi connectivity index (χ0) is 20.8. The summed E-state index contributed by atoms with van der Waals surface area (Å²) in [5, 5.41) is 0. The molecule has 0 saturated carbocycles. The van der Waals surface area contributed by atoms with Crippen molar-refractivity contribution in [3.63, 3.8) is 0 Å². The van der Waals surface area contributed by atoms with Crippen LogP contribution in [0.1, 0.15) is 23.5 Å². The first-order valence-electron chi connectivity index (χ1n) is 9.80. The SMILES string of the molecule is COc1cc([C@@H]2CC=C[C@H](N(C)C)C2N=Cc2ccccc2)cc(OC)c1OC. The number of hydrogen-bond donors (Lipinski definition) is 0. The Hall–Kier alpha value is -2.79. The smallest absolute Gasteiger partial charge is 0.203 e.